The third kappa shape index (κ3) is 8.77. The van der Waals surface area contributed by atoms with Gasteiger partial charge in [-0.25, -0.2) is 48.9 Å². The molecule has 7 aromatic rings. The molecular weight excluding hydrogens is 813 g/mol. The second-order valence-electron chi connectivity index (χ2n) is 18.3. The van der Waals surface area contributed by atoms with Crippen molar-refractivity contribution in [3.63, 3.8) is 0 Å². The first-order chi connectivity index (χ1) is 29.6. The molecule has 0 atom stereocenters. The lowest BCUT2D eigenvalue weighted by Crippen LogP contribution is -2.34. The average molecular weight is 863 g/mol. The van der Waals surface area contributed by atoms with Gasteiger partial charge < -0.3 is 28.3 Å². The highest BCUT2D eigenvalue weighted by Gasteiger charge is 2.29. The molecule has 0 radical (unpaired) electrons. The van der Waals surface area contributed by atoms with Crippen LogP contribution >= 0.6 is 0 Å². The highest BCUT2D eigenvalue weighted by molar-refractivity contribution is 6.83. The summed E-state index contributed by atoms with van der Waals surface area (Å²) in [5.41, 5.74) is 30.5. The van der Waals surface area contributed by atoms with Crippen molar-refractivity contribution in [2.45, 2.75) is 97.6 Å². The maximum Gasteiger partial charge on any atom is 0.269 e. The second kappa shape index (κ2) is 16.0. The van der Waals surface area contributed by atoms with Crippen molar-refractivity contribution in [3.8, 4) is 35.1 Å². The molecule has 322 valence electrons. The average Bonchev–Trinajstić information content (AvgIpc) is 3.90. The Kier molecular flexibility index (Phi) is 11.0. The second-order valence-corrected chi connectivity index (χ2v) is 23.1. The molecule has 0 saturated heterocycles. The van der Waals surface area contributed by atoms with E-state index in [1.165, 1.54) is 19.0 Å². The van der Waals surface area contributed by atoms with Crippen LogP contribution in [0.5, 0.6) is 0 Å². The van der Waals surface area contributed by atoms with Crippen LogP contribution < -0.4 is 28.3 Å². The number of fused-ring (bicyclic) bond motifs is 3. The molecule has 7 heterocycles. The molecule has 0 saturated carbocycles. The molecule has 0 fully saturated rings. The summed E-state index contributed by atoms with van der Waals surface area (Å²) >= 11 is 0. The van der Waals surface area contributed by atoms with Gasteiger partial charge in [0.1, 0.15) is 73.1 Å². The maximum atomic E-state index is 13.3. The van der Waals surface area contributed by atoms with E-state index in [1.807, 2.05) is 48.5 Å². The van der Waals surface area contributed by atoms with Crippen molar-refractivity contribution < 1.29 is 4.79 Å². The first kappa shape index (κ1) is 43.5. The lowest BCUT2D eigenvalue weighted by molar-refractivity contribution is 0.0943. The molecule has 7 rings (SSSR count). The Morgan fingerprint density at radius 1 is 0.635 bits per heavy atom. The molecule has 7 aromatic heterocycles. The minimum absolute atomic E-state index is 0.0877. The van der Waals surface area contributed by atoms with Crippen LogP contribution in [-0.4, -0.2) is 84.8 Å². The van der Waals surface area contributed by atoms with Crippen molar-refractivity contribution in [2.75, 3.05) is 29.5 Å². The highest BCUT2D eigenvalue weighted by Crippen LogP contribution is 2.31. The fraction of sp³-hybridized carbons (Fsp3) is 0.372. The number of pyridine rings is 1. The van der Waals surface area contributed by atoms with E-state index in [0.717, 1.165) is 0 Å². The van der Waals surface area contributed by atoms with E-state index < -0.39 is 25.1 Å². The molecule has 0 spiro atoms. The molecule has 0 aromatic carbocycles. The predicted molar refractivity (Wildman–Crippen MR) is 246 cm³/mol. The van der Waals surface area contributed by atoms with E-state index in [4.69, 9.17) is 33.1 Å². The van der Waals surface area contributed by atoms with E-state index in [-0.39, 0.29) is 35.2 Å². The zero-order chi connectivity index (χ0) is 45.6. The van der Waals surface area contributed by atoms with Crippen molar-refractivity contribution in [2.24, 2.45) is 0 Å². The number of nitrogen functional groups attached to an aromatic ring is 4. The van der Waals surface area contributed by atoms with Crippen molar-refractivity contribution >= 4 is 70.4 Å². The Hall–Kier alpha value is -7.63. The monoisotopic (exact) mass is 862 g/mol. The number of amides is 1. The fourth-order valence-electron chi connectivity index (χ4n) is 6.68. The standard InChI is InChI=1S/C43H50N18OSi/c1-41(2,3)59-37-31(35(46)49-22-52-37)27(56-59)15-13-25-14-16-29(55-33(25)44)40(62)48-20-19-43(6,7)61-38-30(34(45)50-23-53-38)26(57-61)12-11-18-42(4,5)60-39-32(36(47)51-24-54-39)28(58-60)17-21-63(8,9)10/h14,16,22-24H,18-20H2,1-10H3,(H2,44,55)(H,48,62)(H2,45,50,53)(H2,46,49,52)(H2,47,51,54). The minimum atomic E-state index is -1.71. The molecule has 0 aliphatic heterocycles. The summed E-state index contributed by atoms with van der Waals surface area (Å²) in [6.07, 6.45) is 5.03. The number of carbonyl (C=O) groups is 1. The predicted octanol–water partition coefficient (Wildman–Crippen LogP) is 3.95. The van der Waals surface area contributed by atoms with E-state index >= 15 is 0 Å². The van der Waals surface area contributed by atoms with Gasteiger partial charge in [0.15, 0.2) is 16.9 Å². The zero-order valence-corrected chi connectivity index (χ0v) is 38.0. The number of nitrogens with one attached hydrogen (secondary N) is 1. The van der Waals surface area contributed by atoms with E-state index in [1.54, 1.807) is 26.2 Å². The van der Waals surface area contributed by atoms with E-state index in [0.29, 0.717) is 74.4 Å². The topological polar surface area (TPSA) is 277 Å². The Bertz CT molecular complexity index is 3150. The van der Waals surface area contributed by atoms with Gasteiger partial charge >= 0.3 is 0 Å². The summed E-state index contributed by atoms with van der Waals surface area (Å²) in [4.78, 5) is 43.6. The zero-order valence-electron chi connectivity index (χ0n) is 37.0. The van der Waals surface area contributed by atoms with Crippen LogP contribution in [0.25, 0.3) is 33.1 Å². The van der Waals surface area contributed by atoms with Crippen LogP contribution in [0.2, 0.25) is 19.6 Å². The summed E-state index contributed by atoms with van der Waals surface area (Å²) in [7, 11) is -1.71. The molecule has 20 heteroatoms. The summed E-state index contributed by atoms with van der Waals surface area (Å²) < 4.78 is 5.33. The molecule has 0 aliphatic carbocycles. The van der Waals surface area contributed by atoms with Crippen molar-refractivity contribution in [1.82, 2.24) is 69.5 Å². The Balaban J connectivity index is 1.07. The smallest absolute Gasteiger partial charge is 0.269 e. The third-order valence-corrected chi connectivity index (χ3v) is 10.9. The van der Waals surface area contributed by atoms with Gasteiger partial charge in [-0.2, -0.15) is 15.3 Å². The van der Waals surface area contributed by atoms with Gasteiger partial charge in [0.2, 0.25) is 0 Å². The van der Waals surface area contributed by atoms with Crippen LogP contribution in [-0.2, 0) is 16.6 Å². The SMILES string of the molecule is CC(C)(C)n1nc(C#Cc2ccc(C(=O)NCCC(C)(C)n3nc(C#CCC(C)(C)n4nc(C#C[Si](C)(C)C)c5c(N)ncnc54)c4c(N)ncnc43)nc2N)c2c(N)ncnc21. The first-order valence-electron chi connectivity index (χ1n) is 20.1. The van der Waals surface area contributed by atoms with E-state index in [9.17, 15) is 4.79 Å². The van der Waals surface area contributed by atoms with Crippen molar-refractivity contribution in [1.29, 1.82) is 0 Å². The number of carbonyl (C=O) groups excluding carboxylic acids is 1. The fourth-order valence-corrected chi connectivity index (χ4v) is 7.17. The normalized spacial score (nSPS) is 12.1. The summed E-state index contributed by atoms with van der Waals surface area (Å²) in [5, 5.41) is 19.1. The van der Waals surface area contributed by atoms with Crippen molar-refractivity contribution in [3.05, 3.63) is 59.5 Å². The molecule has 9 N–H and O–H groups in total. The number of hydrogen-bond acceptors (Lipinski definition) is 15. The van der Waals surface area contributed by atoms with Gasteiger partial charge in [-0.1, -0.05) is 37.4 Å². The lowest BCUT2D eigenvalue weighted by atomic mass is 10.0. The Labute approximate surface area is 365 Å². The largest absolute Gasteiger partial charge is 0.383 e. The number of nitrogens with two attached hydrogens (primary N) is 4. The number of nitrogens with zero attached hydrogens (tertiary/aromatic N) is 13. The minimum Gasteiger partial charge on any atom is -0.383 e. The van der Waals surface area contributed by atoms with E-state index in [2.05, 4.69) is 100 Å². The number of anilines is 4. The lowest BCUT2D eigenvalue weighted by Gasteiger charge is -2.26. The quantitative estimate of drug-likeness (QED) is 0.112. The first-order valence-corrected chi connectivity index (χ1v) is 23.6. The molecule has 0 bridgehead atoms. The van der Waals surface area contributed by atoms with Gasteiger partial charge in [0.05, 0.1) is 38.3 Å². The van der Waals surface area contributed by atoms with Gasteiger partial charge in [0, 0.05) is 13.0 Å². The number of aromatic nitrogens is 13. The molecule has 0 aliphatic rings. The summed E-state index contributed by atoms with van der Waals surface area (Å²) in [6, 6.07) is 3.21. The van der Waals surface area contributed by atoms with Gasteiger partial charge in [-0.15, -0.1) is 5.54 Å². The number of hydrogen-bond donors (Lipinski definition) is 5. The highest BCUT2D eigenvalue weighted by atomic mass is 28.3. The van der Waals surface area contributed by atoms with Gasteiger partial charge in [0.25, 0.3) is 5.91 Å². The molecule has 19 nitrogen and oxygen atoms in total. The number of rotatable bonds is 7. The Morgan fingerprint density at radius 2 is 1.13 bits per heavy atom. The van der Waals surface area contributed by atoms with Crippen LogP contribution in [0.1, 0.15) is 94.4 Å². The summed E-state index contributed by atoms with van der Waals surface area (Å²) in [6.45, 7) is 20.8. The van der Waals surface area contributed by atoms with Crippen LogP contribution in [0.4, 0.5) is 23.3 Å². The van der Waals surface area contributed by atoms with Crippen LogP contribution in [0.15, 0.2) is 31.1 Å². The third-order valence-electron chi connectivity index (χ3n) is 10.0. The molecule has 63 heavy (non-hydrogen) atoms. The Morgan fingerprint density at radius 3 is 1.65 bits per heavy atom. The van der Waals surface area contributed by atoms with Crippen LogP contribution in [0, 0.1) is 35.1 Å². The molecule has 0 unspecified atom stereocenters. The van der Waals surface area contributed by atoms with Gasteiger partial charge in [-0.3, -0.25) is 4.79 Å². The summed E-state index contributed by atoms with van der Waals surface area (Å²) in [5.74, 6) is 16.3. The van der Waals surface area contributed by atoms with Gasteiger partial charge in [-0.05, 0) is 78.9 Å². The molecule has 1 amide bonds. The maximum absolute atomic E-state index is 13.3. The molecular formula is C43H50N18OSi. The van der Waals surface area contributed by atoms with Crippen LogP contribution in [0.3, 0.4) is 0 Å².